The number of thiol groups is 1. The number of nitrogens with one attached hydrogen (secondary N) is 5. The SMILES string of the molecule is NC(CS)C(=O)NCC(=O)NC(Cc1c[nH]c2ccccc12)C(=O)NC(Cc1c[nH]c2ccccc12)C(=O)O. The number of aliphatic carboxylic acids is 1. The first-order chi connectivity index (χ1) is 18.8. The molecule has 0 aliphatic rings. The molecule has 0 fully saturated rings. The van der Waals surface area contributed by atoms with E-state index >= 15 is 0 Å². The number of carbonyl (C=O) groups excluding carboxylic acids is 3. The molecule has 4 aromatic rings. The number of para-hydroxylation sites is 2. The third-order valence-corrected chi connectivity index (χ3v) is 6.81. The van der Waals surface area contributed by atoms with E-state index in [2.05, 4.69) is 38.5 Å². The van der Waals surface area contributed by atoms with Gasteiger partial charge in [0.2, 0.25) is 17.7 Å². The van der Waals surface area contributed by atoms with Gasteiger partial charge in [-0.25, -0.2) is 4.79 Å². The van der Waals surface area contributed by atoms with E-state index in [1.54, 1.807) is 12.4 Å². The summed E-state index contributed by atoms with van der Waals surface area (Å²) in [5.74, 6) is -2.95. The van der Waals surface area contributed by atoms with Crippen molar-refractivity contribution in [2.45, 2.75) is 31.0 Å². The van der Waals surface area contributed by atoms with Crippen molar-refractivity contribution in [1.29, 1.82) is 0 Å². The Morgan fingerprint density at radius 1 is 0.821 bits per heavy atom. The molecule has 0 bridgehead atoms. The summed E-state index contributed by atoms with van der Waals surface area (Å²) in [6.45, 7) is -0.407. The van der Waals surface area contributed by atoms with Crippen LogP contribution in [0.2, 0.25) is 0 Å². The number of amides is 3. The molecule has 3 amide bonds. The maximum atomic E-state index is 13.4. The first-order valence-electron chi connectivity index (χ1n) is 12.3. The van der Waals surface area contributed by atoms with Gasteiger partial charge in [0, 0.05) is 52.8 Å². The molecule has 11 nitrogen and oxygen atoms in total. The van der Waals surface area contributed by atoms with E-state index in [-0.39, 0.29) is 18.6 Å². The van der Waals surface area contributed by atoms with Gasteiger partial charge in [0.05, 0.1) is 12.6 Å². The van der Waals surface area contributed by atoms with Crippen molar-refractivity contribution >= 4 is 58.1 Å². The number of carboxylic acids is 1. The van der Waals surface area contributed by atoms with E-state index in [9.17, 15) is 24.3 Å². The molecule has 0 aliphatic carbocycles. The molecular weight excluding hydrogens is 520 g/mol. The van der Waals surface area contributed by atoms with Crippen LogP contribution in [0.15, 0.2) is 60.9 Å². The molecule has 0 aliphatic heterocycles. The molecule has 0 saturated heterocycles. The fraction of sp³-hybridized carbons (Fsp3) is 0.259. The number of carboxylic acid groups (broad SMARTS) is 1. The van der Waals surface area contributed by atoms with Crippen molar-refractivity contribution in [2.75, 3.05) is 12.3 Å². The quantitative estimate of drug-likeness (QED) is 0.121. The van der Waals surface area contributed by atoms with Crippen LogP contribution in [0.3, 0.4) is 0 Å². The molecule has 2 aromatic heterocycles. The van der Waals surface area contributed by atoms with Gasteiger partial charge in [-0.3, -0.25) is 14.4 Å². The number of aromatic nitrogens is 2. The Hall–Kier alpha value is -4.29. The second-order valence-corrected chi connectivity index (χ2v) is 9.52. The van der Waals surface area contributed by atoms with Crippen LogP contribution in [0.4, 0.5) is 0 Å². The minimum absolute atomic E-state index is 0.0382. The molecule has 3 atom stereocenters. The number of hydrogen-bond donors (Lipinski definition) is 8. The van der Waals surface area contributed by atoms with Crippen LogP contribution in [0.25, 0.3) is 21.8 Å². The van der Waals surface area contributed by atoms with Crippen LogP contribution in [0, 0.1) is 0 Å². The topological polar surface area (TPSA) is 182 Å². The molecule has 0 saturated carbocycles. The van der Waals surface area contributed by atoms with E-state index in [1.165, 1.54) is 0 Å². The summed E-state index contributed by atoms with van der Waals surface area (Å²) in [5, 5.41) is 19.2. The largest absolute Gasteiger partial charge is 0.480 e. The number of hydrogen-bond acceptors (Lipinski definition) is 6. The summed E-state index contributed by atoms with van der Waals surface area (Å²) >= 11 is 3.97. The molecule has 3 unspecified atom stereocenters. The molecule has 0 spiro atoms. The maximum absolute atomic E-state index is 13.4. The van der Waals surface area contributed by atoms with Crippen molar-refractivity contribution in [3.8, 4) is 0 Å². The Bertz CT molecular complexity index is 1500. The van der Waals surface area contributed by atoms with E-state index < -0.39 is 48.4 Å². The highest BCUT2D eigenvalue weighted by Gasteiger charge is 2.28. The van der Waals surface area contributed by atoms with Crippen molar-refractivity contribution < 1.29 is 24.3 Å². The van der Waals surface area contributed by atoms with Gasteiger partial charge in [0.1, 0.15) is 12.1 Å². The van der Waals surface area contributed by atoms with Crippen molar-refractivity contribution in [2.24, 2.45) is 5.73 Å². The Balaban J connectivity index is 1.52. The van der Waals surface area contributed by atoms with Gasteiger partial charge in [-0.2, -0.15) is 12.6 Å². The second kappa shape index (κ2) is 12.5. The Morgan fingerprint density at radius 3 is 1.90 bits per heavy atom. The zero-order valence-electron chi connectivity index (χ0n) is 20.9. The van der Waals surface area contributed by atoms with Gasteiger partial charge in [-0.15, -0.1) is 0 Å². The Morgan fingerprint density at radius 2 is 1.36 bits per heavy atom. The van der Waals surface area contributed by atoms with E-state index in [0.29, 0.717) is 0 Å². The average Bonchev–Trinajstić information content (AvgIpc) is 3.54. The zero-order valence-corrected chi connectivity index (χ0v) is 21.8. The lowest BCUT2D eigenvalue weighted by molar-refractivity contribution is -0.142. The van der Waals surface area contributed by atoms with Gasteiger partial charge >= 0.3 is 5.97 Å². The van der Waals surface area contributed by atoms with Gasteiger partial charge in [0.15, 0.2) is 0 Å². The fourth-order valence-electron chi connectivity index (χ4n) is 4.35. The minimum Gasteiger partial charge on any atom is -0.480 e. The number of nitrogens with two attached hydrogens (primary N) is 1. The lowest BCUT2D eigenvalue weighted by Gasteiger charge is -2.22. The number of aromatic amines is 2. The van der Waals surface area contributed by atoms with Crippen molar-refractivity contribution in [3.05, 3.63) is 72.1 Å². The number of rotatable bonds is 12. The predicted octanol–water partition coefficient (Wildman–Crippen LogP) is 0.862. The predicted molar refractivity (Wildman–Crippen MR) is 150 cm³/mol. The molecule has 12 heteroatoms. The van der Waals surface area contributed by atoms with Crippen LogP contribution in [-0.4, -0.2) is 69.2 Å². The molecule has 204 valence electrons. The van der Waals surface area contributed by atoms with E-state index in [0.717, 1.165) is 32.9 Å². The summed E-state index contributed by atoms with van der Waals surface area (Å²) < 4.78 is 0. The lowest BCUT2D eigenvalue weighted by atomic mass is 10.0. The lowest BCUT2D eigenvalue weighted by Crippen LogP contribution is -2.55. The third-order valence-electron chi connectivity index (χ3n) is 6.42. The Labute approximate surface area is 229 Å². The summed E-state index contributed by atoms with van der Waals surface area (Å²) in [7, 11) is 0. The highest BCUT2D eigenvalue weighted by atomic mass is 32.1. The molecule has 2 heterocycles. The van der Waals surface area contributed by atoms with Gasteiger partial charge < -0.3 is 36.8 Å². The standard InChI is InChI=1S/C27H30N6O5S/c28-19(14-39)25(35)31-13-24(34)32-22(9-15-11-29-20-7-3-1-5-17(15)20)26(36)33-23(27(37)38)10-16-12-30-21-8-4-2-6-18(16)21/h1-8,11-12,19,22-23,29-30,39H,9-10,13-14,28H2,(H,31,35)(H,32,34)(H,33,36)(H,37,38). The maximum Gasteiger partial charge on any atom is 0.326 e. The summed E-state index contributed by atoms with van der Waals surface area (Å²) in [5.41, 5.74) is 8.83. The van der Waals surface area contributed by atoms with E-state index in [4.69, 9.17) is 5.73 Å². The highest BCUT2D eigenvalue weighted by molar-refractivity contribution is 7.80. The number of carbonyl (C=O) groups is 4. The normalized spacial score (nSPS) is 13.5. The van der Waals surface area contributed by atoms with Crippen molar-refractivity contribution in [1.82, 2.24) is 25.9 Å². The number of H-pyrrole nitrogens is 2. The molecular formula is C27H30N6O5S. The summed E-state index contributed by atoms with van der Waals surface area (Å²) in [6, 6.07) is 11.7. The molecule has 8 N–H and O–H groups in total. The van der Waals surface area contributed by atoms with Crippen LogP contribution in [0.1, 0.15) is 11.1 Å². The third kappa shape index (κ3) is 6.78. The van der Waals surface area contributed by atoms with Crippen LogP contribution < -0.4 is 21.7 Å². The molecule has 39 heavy (non-hydrogen) atoms. The summed E-state index contributed by atoms with van der Waals surface area (Å²) in [4.78, 5) is 56.4. The number of fused-ring (bicyclic) bond motifs is 2. The monoisotopic (exact) mass is 550 g/mol. The second-order valence-electron chi connectivity index (χ2n) is 9.15. The zero-order chi connectivity index (χ0) is 27.9. The highest BCUT2D eigenvalue weighted by Crippen LogP contribution is 2.21. The van der Waals surface area contributed by atoms with Crippen molar-refractivity contribution in [3.63, 3.8) is 0 Å². The van der Waals surface area contributed by atoms with Gasteiger partial charge in [-0.1, -0.05) is 36.4 Å². The summed E-state index contributed by atoms with van der Waals surface area (Å²) in [6.07, 6.45) is 3.59. The average molecular weight is 551 g/mol. The number of benzene rings is 2. The Kier molecular flexibility index (Phi) is 8.89. The van der Waals surface area contributed by atoms with Gasteiger partial charge in [-0.05, 0) is 23.3 Å². The van der Waals surface area contributed by atoms with Crippen LogP contribution in [0.5, 0.6) is 0 Å². The fourth-order valence-corrected chi connectivity index (χ4v) is 4.52. The molecule has 0 radical (unpaired) electrons. The first kappa shape index (κ1) is 27.7. The van der Waals surface area contributed by atoms with Crippen LogP contribution >= 0.6 is 12.6 Å². The minimum atomic E-state index is -1.24. The molecule has 2 aromatic carbocycles. The smallest absolute Gasteiger partial charge is 0.326 e. The van der Waals surface area contributed by atoms with Crippen LogP contribution in [-0.2, 0) is 32.0 Å². The molecule has 4 rings (SSSR count). The first-order valence-corrected chi connectivity index (χ1v) is 13.0. The van der Waals surface area contributed by atoms with E-state index in [1.807, 2.05) is 48.5 Å². The van der Waals surface area contributed by atoms with Gasteiger partial charge in [0.25, 0.3) is 0 Å².